The Morgan fingerprint density at radius 1 is 1.09 bits per heavy atom. The van der Waals surface area contributed by atoms with E-state index in [0.29, 0.717) is 44.2 Å². The Bertz CT molecular complexity index is 1120. The molecule has 0 radical (unpaired) electrons. The van der Waals surface area contributed by atoms with Crippen molar-refractivity contribution in [2.75, 3.05) is 26.7 Å². The van der Waals surface area contributed by atoms with Gasteiger partial charge in [-0.25, -0.2) is 17.2 Å². The first kappa shape index (κ1) is 25.6. The summed E-state index contributed by atoms with van der Waals surface area (Å²) in [6.45, 7) is 0.735. The second kappa shape index (κ2) is 11.4. The minimum atomic E-state index is -3.62. The number of hydrogen-bond acceptors (Lipinski definition) is 5. The second-order valence-corrected chi connectivity index (χ2v) is 9.84. The Morgan fingerprint density at radius 2 is 1.76 bits per heavy atom. The van der Waals surface area contributed by atoms with Crippen LogP contribution in [-0.4, -0.2) is 57.3 Å². The van der Waals surface area contributed by atoms with Crippen LogP contribution >= 0.6 is 0 Å². The van der Waals surface area contributed by atoms with E-state index in [-0.39, 0.29) is 35.4 Å². The first-order valence-electron chi connectivity index (χ1n) is 10.9. The molecule has 2 amide bonds. The van der Waals surface area contributed by atoms with Gasteiger partial charge in [-0.1, -0.05) is 0 Å². The molecule has 3 rings (SSSR count). The zero-order valence-corrected chi connectivity index (χ0v) is 19.5. The highest BCUT2D eigenvalue weighted by Crippen LogP contribution is 2.23. The van der Waals surface area contributed by atoms with Crippen molar-refractivity contribution in [1.29, 1.82) is 0 Å². The standard InChI is InChI=1S/C23H27F2N3O5S/c1-33-18-5-7-19(8-6-18)34(31,32)28-13-10-17(11-14-28)27-22(29)3-2-12-26-23(30)20-9-4-16(24)15-21(20)25/h4-9,15,17H,2-3,10-14H2,1H3,(H,26,30)(H,27,29). The van der Waals surface area contributed by atoms with Gasteiger partial charge >= 0.3 is 0 Å². The van der Waals surface area contributed by atoms with Gasteiger partial charge in [-0.05, 0) is 55.7 Å². The Hall–Kier alpha value is -3.05. The maximum Gasteiger partial charge on any atom is 0.254 e. The predicted octanol–water partition coefficient (Wildman–Crippen LogP) is 2.45. The lowest BCUT2D eigenvalue weighted by Gasteiger charge is -2.31. The number of benzene rings is 2. The van der Waals surface area contributed by atoms with E-state index in [1.165, 1.54) is 23.5 Å². The van der Waals surface area contributed by atoms with Crippen molar-refractivity contribution < 1.29 is 31.5 Å². The van der Waals surface area contributed by atoms with Gasteiger partial charge < -0.3 is 15.4 Å². The molecule has 0 unspecified atom stereocenters. The van der Waals surface area contributed by atoms with Crippen molar-refractivity contribution in [3.8, 4) is 5.75 Å². The van der Waals surface area contributed by atoms with Crippen molar-refractivity contribution in [3.05, 3.63) is 59.7 Å². The van der Waals surface area contributed by atoms with E-state index in [2.05, 4.69) is 10.6 Å². The number of methoxy groups -OCH3 is 1. The number of hydrogen-bond donors (Lipinski definition) is 2. The minimum absolute atomic E-state index is 0.141. The molecule has 2 N–H and O–H groups in total. The molecule has 34 heavy (non-hydrogen) atoms. The van der Waals surface area contributed by atoms with Crippen LogP contribution in [0.2, 0.25) is 0 Å². The second-order valence-electron chi connectivity index (χ2n) is 7.91. The van der Waals surface area contributed by atoms with E-state index in [4.69, 9.17) is 4.74 Å². The summed E-state index contributed by atoms with van der Waals surface area (Å²) in [5.74, 6) is -2.03. The van der Waals surface area contributed by atoms with Crippen LogP contribution in [0.3, 0.4) is 0 Å². The third-order valence-corrected chi connectivity index (χ3v) is 7.47. The van der Waals surface area contributed by atoms with Crippen LogP contribution in [0.1, 0.15) is 36.0 Å². The number of halogens is 2. The van der Waals surface area contributed by atoms with Gasteiger partial charge in [0.15, 0.2) is 0 Å². The molecule has 0 aromatic heterocycles. The summed E-state index contributed by atoms with van der Waals surface area (Å²) in [7, 11) is -2.11. The fourth-order valence-electron chi connectivity index (χ4n) is 3.66. The van der Waals surface area contributed by atoms with Crippen LogP contribution in [-0.2, 0) is 14.8 Å². The highest BCUT2D eigenvalue weighted by Gasteiger charge is 2.29. The molecular formula is C23H27F2N3O5S. The first-order valence-corrected chi connectivity index (χ1v) is 12.3. The minimum Gasteiger partial charge on any atom is -0.497 e. The fourth-order valence-corrected chi connectivity index (χ4v) is 5.13. The number of sulfonamides is 1. The smallest absolute Gasteiger partial charge is 0.254 e. The zero-order chi connectivity index (χ0) is 24.7. The van der Waals surface area contributed by atoms with E-state index >= 15 is 0 Å². The molecule has 0 saturated carbocycles. The van der Waals surface area contributed by atoms with Gasteiger partial charge in [-0.15, -0.1) is 0 Å². The largest absolute Gasteiger partial charge is 0.497 e. The SMILES string of the molecule is COc1ccc(S(=O)(=O)N2CCC(NC(=O)CCCNC(=O)c3ccc(F)cc3F)CC2)cc1. The lowest BCUT2D eigenvalue weighted by molar-refractivity contribution is -0.122. The molecule has 1 heterocycles. The van der Waals surface area contributed by atoms with Crippen LogP contribution in [0.25, 0.3) is 0 Å². The monoisotopic (exact) mass is 495 g/mol. The lowest BCUT2D eigenvalue weighted by atomic mass is 10.1. The molecule has 1 aliphatic heterocycles. The predicted molar refractivity (Wildman–Crippen MR) is 121 cm³/mol. The van der Waals surface area contributed by atoms with Crippen molar-refractivity contribution in [2.24, 2.45) is 0 Å². The maximum atomic E-state index is 13.6. The number of ether oxygens (including phenoxy) is 1. The van der Waals surface area contributed by atoms with E-state index in [1.54, 1.807) is 12.1 Å². The van der Waals surface area contributed by atoms with Gasteiger partial charge in [0.05, 0.1) is 17.6 Å². The van der Waals surface area contributed by atoms with Crippen LogP contribution in [0.5, 0.6) is 5.75 Å². The van der Waals surface area contributed by atoms with Crippen molar-refractivity contribution >= 4 is 21.8 Å². The van der Waals surface area contributed by atoms with Gasteiger partial charge in [0.25, 0.3) is 5.91 Å². The highest BCUT2D eigenvalue weighted by atomic mass is 32.2. The molecule has 1 aliphatic rings. The average Bonchev–Trinajstić information content (AvgIpc) is 2.82. The van der Waals surface area contributed by atoms with Gasteiger partial charge in [0.2, 0.25) is 15.9 Å². The Kier molecular flexibility index (Phi) is 8.56. The topological polar surface area (TPSA) is 105 Å². The Labute approximate surface area is 197 Å². The third-order valence-electron chi connectivity index (χ3n) is 5.56. The third kappa shape index (κ3) is 6.51. The number of carbonyl (C=O) groups is 2. The highest BCUT2D eigenvalue weighted by molar-refractivity contribution is 7.89. The van der Waals surface area contributed by atoms with Gasteiger partial charge in [0, 0.05) is 38.2 Å². The summed E-state index contributed by atoms with van der Waals surface area (Å²) >= 11 is 0. The molecule has 0 aliphatic carbocycles. The first-order chi connectivity index (χ1) is 16.2. The molecule has 184 valence electrons. The summed E-state index contributed by atoms with van der Waals surface area (Å²) < 4.78 is 58.6. The number of rotatable bonds is 9. The molecule has 0 bridgehead atoms. The van der Waals surface area contributed by atoms with Crippen LogP contribution in [0.15, 0.2) is 47.4 Å². The Balaban J connectivity index is 1.38. The number of carbonyl (C=O) groups excluding carboxylic acids is 2. The zero-order valence-electron chi connectivity index (χ0n) is 18.7. The van der Waals surface area contributed by atoms with E-state index < -0.39 is 27.6 Å². The number of piperidine rings is 1. The molecule has 11 heteroatoms. The molecule has 2 aromatic carbocycles. The molecule has 0 spiro atoms. The Morgan fingerprint density at radius 3 is 2.38 bits per heavy atom. The quantitative estimate of drug-likeness (QED) is 0.520. The average molecular weight is 496 g/mol. The summed E-state index contributed by atoms with van der Waals surface area (Å²) in [4.78, 5) is 24.4. The van der Waals surface area contributed by atoms with Crippen molar-refractivity contribution in [1.82, 2.24) is 14.9 Å². The van der Waals surface area contributed by atoms with Crippen LogP contribution < -0.4 is 15.4 Å². The van der Waals surface area contributed by atoms with Gasteiger partial charge in [0.1, 0.15) is 17.4 Å². The van der Waals surface area contributed by atoms with Crippen molar-refractivity contribution in [3.63, 3.8) is 0 Å². The molecule has 1 saturated heterocycles. The fraction of sp³-hybridized carbons (Fsp3) is 0.391. The van der Waals surface area contributed by atoms with E-state index in [0.717, 1.165) is 12.1 Å². The summed E-state index contributed by atoms with van der Waals surface area (Å²) in [6, 6.07) is 8.76. The van der Waals surface area contributed by atoms with Crippen molar-refractivity contribution in [2.45, 2.75) is 36.6 Å². The maximum absolute atomic E-state index is 13.6. The molecule has 2 aromatic rings. The molecule has 1 fully saturated rings. The number of nitrogens with one attached hydrogen (secondary N) is 2. The van der Waals surface area contributed by atoms with Crippen LogP contribution in [0.4, 0.5) is 8.78 Å². The normalized spacial score (nSPS) is 15.0. The summed E-state index contributed by atoms with van der Waals surface area (Å²) in [5, 5.41) is 5.39. The number of amides is 2. The van der Waals surface area contributed by atoms with Gasteiger partial charge in [-0.2, -0.15) is 4.31 Å². The summed E-state index contributed by atoms with van der Waals surface area (Å²) in [6.07, 6.45) is 1.46. The molecule has 8 nitrogen and oxygen atoms in total. The molecule has 0 atom stereocenters. The summed E-state index contributed by atoms with van der Waals surface area (Å²) in [5.41, 5.74) is -0.262. The van der Waals surface area contributed by atoms with Gasteiger partial charge in [-0.3, -0.25) is 9.59 Å². The molecular weight excluding hydrogens is 468 g/mol. The number of nitrogens with zero attached hydrogens (tertiary/aromatic N) is 1. The van der Waals surface area contributed by atoms with E-state index in [9.17, 15) is 26.8 Å². The lowest BCUT2D eigenvalue weighted by Crippen LogP contribution is -2.46. The van der Waals surface area contributed by atoms with Crippen LogP contribution in [0, 0.1) is 11.6 Å². The van der Waals surface area contributed by atoms with E-state index in [1.807, 2.05) is 0 Å².